The van der Waals surface area contributed by atoms with Crippen LogP contribution >= 0.6 is 0 Å². The maximum Gasteiger partial charge on any atom is 0.352 e. The molecule has 0 bridgehead atoms. The minimum atomic E-state index is -2.04. The molecule has 0 saturated carbocycles. The van der Waals surface area contributed by atoms with Crippen LogP contribution in [0.2, 0.25) is 6.55 Å². The second-order valence-corrected chi connectivity index (χ2v) is 7.46. The maximum absolute atomic E-state index is 5.91. The molecular weight excluding hydrogens is 218 g/mol. The van der Waals surface area contributed by atoms with Crippen molar-refractivity contribution >= 4 is 8.56 Å². The van der Waals surface area contributed by atoms with E-state index in [2.05, 4.69) is 25.7 Å². The molecule has 0 amide bonds. The first-order valence-electron chi connectivity index (χ1n) is 6.65. The number of rotatable bonds is 10. The normalized spacial score (nSPS) is 14.1. The third-order valence-corrected chi connectivity index (χ3v) is 6.43. The molecule has 0 aromatic carbocycles. The Bertz CT molecular complexity index is 161. The second-order valence-electron chi connectivity index (χ2n) is 4.15. The van der Waals surface area contributed by atoms with Gasteiger partial charge in [0.15, 0.2) is 0 Å². The first-order chi connectivity index (χ1) is 7.64. The first-order valence-corrected chi connectivity index (χ1v) is 9.05. The van der Waals surface area contributed by atoms with E-state index in [-0.39, 0.29) is 0 Å². The lowest BCUT2D eigenvalue weighted by Crippen LogP contribution is -2.57. The van der Waals surface area contributed by atoms with E-state index in [1.54, 1.807) is 0 Å². The van der Waals surface area contributed by atoms with Crippen molar-refractivity contribution in [1.29, 1.82) is 0 Å². The Kier molecular flexibility index (Phi) is 9.22. The molecule has 0 saturated heterocycles. The third-order valence-electron chi connectivity index (χ3n) is 2.82. The Labute approximate surface area is 102 Å². The molecule has 0 radical (unpaired) electrons. The van der Waals surface area contributed by atoms with Crippen LogP contribution in [-0.4, -0.2) is 34.0 Å². The summed E-state index contributed by atoms with van der Waals surface area (Å²) in [4.78, 5) is 0. The Balaban J connectivity index is 4.32. The van der Waals surface area contributed by atoms with Crippen LogP contribution in [0.4, 0.5) is 0 Å². The van der Waals surface area contributed by atoms with Crippen LogP contribution in [0.1, 0.15) is 47.0 Å². The zero-order valence-electron chi connectivity index (χ0n) is 11.6. The Morgan fingerprint density at radius 3 is 2.00 bits per heavy atom. The fourth-order valence-corrected chi connectivity index (χ4v) is 4.86. The van der Waals surface area contributed by atoms with Crippen LogP contribution in [0.25, 0.3) is 0 Å². The van der Waals surface area contributed by atoms with Crippen molar-refractivity contribution in [2.45, 2.75) is 59.2 Å². The zero-order valence-corrected chi connectivity index (χ0v) is 12.6. The SMILES string of the molecule is CCCCNC(CC)[Si](C)(OCC)OCC. The lowest BCUT2D eigenvalue weighted by atomic mass is 10.3. The van der Waals surface area contributed by atoms with Crippen LogP contribution < -0.4 is 5.32 Å². The van der Waals surface area contributed by atoms with E-state index in [0.29, 0.717) is 5.67 Å². The van der Waals surface area contributed by atoms with Gasteiger partial charge in [-0.15, -0.1) is 0 Å². The molecule has 0 spiro atoms. The van der Waals surface area contributed by atoms with E-state index in [9.17, 15) is 0 Å². The van der Waals surface area contributed by atoms with Crippen molar-refractivity contribution in [2.75, 3.05) is 19.8 Å². The van der Waals surface area contributed by atoms with Gasteiger partial charge in [-0.2, -0.15) is 0 Å². The molecule has 0 fully saturated rings. The molecule has 16 heavy (non-hydrogen) atoms. The molecule has 0 aliphatic heterocycles. The summed E-state index contributed by atoms with van der Waals surface area (Å²) in [5.74, 6) is 0. The van der Waals surface area contributed by atoms with Crippen molar-refractivity contribution in [2.24, 2.45) is 0 Å². The molecule has 1 N–H and O–H groups in total. The molecule has 0 aromatic heterocycles. The molecule has 1 unspecified atom stereocenters. The summed E-state index contributed by atoms with van der Waals surface area (Å²) < 4.78 is 11.8. The van der Waals surface area contributed by atoms with E-state index < -0.39 is 8.56 Å². The molecule has 4 heteroatoms. The number of hydrogen-bond acceptors (Lipinski definition) is 3. The lowest BCUT2D eigenvalue weighted by molar-refractivity contribution is 0.173. The standard InChI is InChI=1S/C12H29NO2Si/c1-6-10-11-13-12(7-2)16(5,14-8-3)15-9-4/h12-13H,6-11H2,1-5H3. The molecule has 0 rings (SSSR count). The predicted molar refractivity (Wildman–Crippen MR) is 71.9 cm³/mol. The quantitative estimate of drug-likeness (QED) is 0.476. The minimum absolute atomic E-state index is 0.402. The zero-order chi connectivity index (χ0) is 12.4. The largest absolute Gasteiger partial charge is 0.394 e. The fourth-order valence-electron chi connectivity index (χ4n) is 1.97. The van der Waals surface area contributed by atoms with Crippen molar-refractivity contribution < 1.29 is 8.85 Å². The van der Waals surface area contributed by atoms with E-state index in [1.807, 2.05) is 13.8 Å². The van der Waals surface area contributed by atoms with Crippen LogP contribution in [0, 0.1) is 0 Å². The molecular formula is C12H29NO2Si. The van der Waals surface area contributed by atoms with E-state index in [4.69, 9.17) is 8.85 Å². The molecule has 3 nitrogen and oxygen atoms in total. The summed E-state index contributed by atoms with van der Waals surface area (Å²) in [6.07, 6.45) is 3.52. The van der Waals surface area contributed by atoms with Gasteiger partial charge in [-0.25, -0.2) is 0 Å². The predicted octanol–water partition coefficient (Wildman–Crippen LogP) is 2.84. The van der Waals surface area contributed by atoms with Gasteiger partial charge in [-0.1, -0.05) is 20.3 Å². The topological polar surface area (TPSA) is 30.5 Å². The van der Waals surface area contributed by atoms with Crippen molar-refractivity contribution in [3.05, 3.63) is 0 Å². The van der Waals surface area contributed by atoms with Crippen LogP contribution in [0.5, 0.6) is 0 Å². The highest BCUT2D eigenvalue weighted by Gasteiger charge is 2.39. The summed E-state index contributed by atoms with van der Waals surface area (Å²) in [6, 6.07) is 0. The van der Waals surface area contributed by atoms with E-state index in [0.717, 1.165) is 26.2 Å². The van der Waals surface area contributed by atoms with Crippen molar-refractivity contribution in [3.63, 3.8) is 0 Å². The average molecular weight is 247 g/mol. The summed E-state index contributed by atoms with van der Waals surface area (Å²) in [6.45, 7) is 13.2. The van der Waals surface area contributed by atoms with Gasteiger partial charge in [0.25, 0.3) is 0 Å². The van der Waals surface area contributed by atoms with Gasteiger partial charge in [0.05, 0.1) is 5.67 Å². The summed E-state index contributed by atoms with van der Waals surface area (Å²) in [5.41, 5.74) is 0.402. The van der Waals surface area contributed by atoms with Crippen LogP contribution in [0.15, 0.2) is 0 Å². The van der Waals surface area contributed by atoms with Gasteiger partial charge in [0.2, 0.25) is 0 Å². The highest BCUT2D eigenvalue weighted by atomic mass is 28.4. The van der Waals surface area contributed by atoms with Gasteiger partial charge in [0.1, 0.15) is 0 Å². The van der Waals surface area contributed by atoms with Gasteiger partial charge in [-0.05, 0) is 39.8 Å². The van der Waals surface area contributed by atoms with Gasteiger partial charge >= 0.3 is 8.56 Å². The monoisotopic (exact) mass is 247 g/mol. The number of unbranched alkanes of at least 4 members (excludes halogenated alkanes) is 1. The average Bonchev–Trinajstić information content (AvgIpc) is 2.25. The fraction of sp³-hybridized carbons (Fsp3) is 1.00. The Morgan fingerprint density at radius 1 is 1.06 bits per heavy atom. The molecule has 0 aliphatic carbocycles. The van der Waals surface area contributed by atoms with Crippen LogP contribution in [-0.2, 0) is 8.85 Å². The molecule has 0 aliphatic rings. The molecule has 1 atom stereocenters. The van der Waals surface area contributed by atoms with Crippen LogP contribution in [0.3, 0.4) is 0 Å². The van der Waals surface area contributed by atoms with Gasteiger partial charge < -0.3 is 14.2 Å². The second kappa shape index (κ2) is 9.16. The molecule has 98 valence electrons. The Morgan fingerprint density at radius 2 is 1.62 bits per heavy atom. The molecule has 0 aromatic rings. The summed E-state index contributed by atoms with van der Waals surface area (Å²) >= 11 is 0. The number of hydrogen-bond donors (Lipinski definition) is 1. The first kappa shape index (κ1) is 16.1. The maximum atomic E-state index is 5.91. The highest BCUT2D eigenvalue weighted by Crippen LogP contribution is 2.15. The van der Waals surface area contributed by atoms with Gasteiger partial charge in [-0.3, -0.25) is 0 Å². The highest BCUT2D eigenvalue weighted by molar-refractivity contribution is 6.67. The van der Waals surface area contributed by atoms with E-state index >= 15 is 0 Å². The smallest absolute Gasteiger partial charge is 0.352 e. The number of nitrogens with one attached hydrogen (secondary N) is 1. The summed E-state index contributed by atoms with van der Waals surface area (Å²) in [5, 5.41) is 3.59. The molecule has 0 heterocycles. The summed E-state index contributed by atoms with van der Waals surface area (Å²) in [7, 11) is -2.04. The van der Waals surface area contributed by atoms with Crippen molar-refractivity contribution in [1.82, 2.24) is 5.32 Å². The van der Waals surface area contributed by atoms with Gasteiger partial charge in [0, 0.05) is 13.2 Å². The Hall–Kier alpha value is 0.0969. The van der Waals surface area contributed by atoms with Crippen molar-refractivity contribution in [3.8, 4) is 0 Å². The third kappa shape index (κ3) is 5.43. The minimum Gasteiger partial charge on any atom is -0.394 e. The van der Waals surface area contributed by atoms with E-state index in [1.165, 1.54) is 12.8 Å². The lowest BCUT2D eigenvalue weighted by Gasteiger charge is -2.34.